The van der Waals surface area contributed by atoms with Crippen LogP contribution >= 0.6 is 0 Å². The van der Waals surface area contributed by atoms with E-state index in [-0.39, 0.29) is 17.5 Å². The Balaban J connectivity index is 1.54. The molecule has 1 aromatic heterocycles. The summed E-state index contributed by atoms with van der Waals surface area (Å²) in [6, 6.07) is 7.26. The molecule has 10 heteroatoms. The Morgan fingerprint density at radius 3 is 2.41 bits per heavy atom. The zero-order chi connectivity index (χ0) is 28.1. The van der Waals surface area contributed by atoms with E-state index in [2.05, 4.69) is 0 Å². The van der Waals surface area contributed by atoms with Crippen LogP contribution < -0.4 is 0 Å². The quantitative estimate of drug-likeness (QED) is 0.438. The maximum atomic E-state index is 14.3. The van der Waals surface area contributed by atoms with Crippen molar-refractivity contribution in [1.29, 1.82) is 0 Å². The van der Waals surface area contributed by atoms with Gasteiger partial charge in [0, 0.05) is 17.9 Å². The van der Waals surface area contributed by atoms with E-state index in [0.717, 1.165) is 0 Å². The van der Waals surface area contributed by atoms with Crippen molar-refractivity contribution in [1.82, 2.24) is 0 Å². The Bertz CT molecular complexity index is 1330. The molecule has 2 heterocycles. The molecule has 0 radical (unpaired) electrons. The molecule has 5 rings (SSSR count). The fourth-order valence-corrected chi connectivity index (χ4v) is 7.30. The maximum absolute atomic E-state index is 14.3. The van der Waals surface area contributed by atoms with E-state index in [1.807, 2.05) is 13.8 Å². The molecule has 10 nitrogen and oxygen atoms in total. The lowest BCUT2D eigenvalue weighted by molar-refractivity contribution is -0.208. The van der Waals surface area contributed by atoms with Crippen molar-refractivity contribution in [3.05, 3.63) is 59.5 Å². The van der Waals surface area contributed by atoms with Crippen molar-refractivity contribution in [2.75, 3.05) is 7.11 Å². The van der Waals surface area contributed by atoms with Crippen LogP contribution in [0.2, 0.25) is 0 Å². The van der Waals surface area contributed by atoms with Crippen LogP contribution in [0, 0.1) is 28.6 Å². The average Bonchev–Trinajstić information content (AvgIpc) is 3.44. The number of hydrogen-bond donors (Lipinski definition) is 1. The Hall–Kier alpha value is -3.95. The molecule has 0 bridgehead atoms. The highest BCUT2D eigenvalue weighted by Gasteiger charge is 2.67. The van der Waals surface area contributed by atoms with Crippen LogP contribution in [0.15, 0.2) is 47.3 Å². The minimum Gasteiger partial charge on any atom is -0.478 e. The number of rotatable bonds is 5. The van der Waals surface area contributed by atoms with Crippen LogP contribution in [0.4, 0.5) is 0 Å². The smallest absolute Gasteiger partial charge is 0.339 e. The zero-order valence-corrected chi connectivity index (χ0v) is 21.9. The van der Waals surface area contributed by atoms with Gasteiger partial charge in [0.25, 0.3) is 0 Å². The van der Waals surface area contributed by atoms with Crippen LogP contribution in [-0.4, -0.2) is 48.0 Å². The highest BCUT2D eigenvalue weighted by Crippen LogP contribution is 2.65. The molecule has 3 fully saturated rings. The number of hydrogen-bond acceptors (Lipinski definition) is 9. The van der Waals surface area contributed by atoms with Gasteiger partial charge < -0.3 is 23.7 Å². The summed E-state index contributed by atoms with van der Waals surface area (Å²) in [7, 11) is 1.27. The second kappa shape index (κ2) is 9.66. The number of carbonyl (C=O) groups is 5. The first-order valence-corrected chi connectivity index (χ1v) is 12.9. The number of methoxy groups -OCH3 is 1. The number of carboxylic acid groups (broad SMARTS) is 1. The molecule has 0 unspecified atom stereocenters. The molecular formula is C29H30O10. The molecule has 2 aromatic rings. The number of benzene rings is 1. The number of ether oxygens (including phenoxy) is 3. The van der Waals surface area contributed by atoms with E-state index < -0.39 is 70.5 Å². The molecule has 2 saturated carbocycles. The van der Waals surface area contributed by atoms with Gasteiger partial charge in [0.1, 0.15) is 6.10 Å². The van der Waals surface area contributed by atoms with Gasteiger partial charge in [-0.3, -0.25) is 14.4 Å². The molecule has 1 N–H and O–H groups in total. The van der Waals surface area contributed by atoms with Gasteiger partial charge in [-0.25, -0.2) is 9.59 Å². The first-order valence-electron chi connectivity index (χ1n) is 12.9. The van der Waals surface area contributed by atoms with Gasteiger partial charge in [-0.1, -0.05) is 26.0 Å². The third-order valence-corrected chi connectivity index (χ3v) is 9.13. The first-order chi connectivity index (χ1) is 18.5. The van der Waals surface area contributed by atoms with E-state index in [1.165, 1.54) is 43.9 Å². The Morgan fingerprint density at radius 1 is 1.05 bits per heavy atom. The van der Waals surface area contributed by atoms with Crippen molar-refractivity contribution in [3.8, 4) is 0 Å². The molecule has 2 aliphatic carbocycles. The van der Waals surface area contributed by atoms with E-state index in [0.29, 0.717) is 24.8 Å². The number of ketones is 1. The number of cyclic esters (lactones) is 1. The highest BCUT2D eigenvalue weighted by atomic mass is 16.6. The van der Waals surface area contributed by atoms with E-state index >= 15 is 0 Å². The van der Waals surface area contributed by atoms with Crippen LogP contribution in [0.5, 0.6) is 0 Å². The third-order valence-electron chi connectivity index (χ3n) is 9.13. The van der Waals surface area contributed by atoms with Crippen molar-refractivity contribution >= 4 is 29.7 Å². The van der Waals surface area contributed by atoms with Crippen LogP contribution in [0.3, 0.4) is 0 Å². The summed E-state index contributed by atoms with van der Waals surface area (Å²) < 4.78 is 21.7. The van der Waals surface area contributed by atoms with E-state index in [1.54, 1.807) is 6.07 Å². The van der Waals surface area contributed by atoms with Gasteiger partial charge in [0.15, 0.2) is 11.9 Å². The number of carbonyl (C=O) groups excluding carboxylic acids is 4. The van der Waals surface area contributed by atoms with Crippen LogP contribution in [-0.2, 0) is 28.6 Å². The SMILES string of the molecule is COC(=O)[C@@H]1C[C@H](OC(=O)c2ccccc2C(=O)O)C(=O)[C@H]2[C@@]1(C)CC[C@H]1C(=O)O[C@H](c3ccoc3)C[C@]21C. The molecule has 0 amide bonds. The highest BCUT2D eigenvalue weighted by molar-refractivity contribution is 6.03. The van der Waals surface area contributed by atoms with Crippen LogP contribution in [0.1, 0.15) is 71.9 Å². The average molecular weight is 539 g/mol. The number of Topliss-reactive ketones (excluding diaryl/α,β-unsaturated/α-hetero) is 1. The van der Waals surface area contributed by atoms with Crippen molar-refractivity contribution in [2.24, 2.45) is 28.6 Å². The number of carboxylic acids is 1. The molecule has 39 heavy (non-hydrogen) atoms. The summed E-state index contributed by atoms with van der Waals surface area (Å²) in [6.45, 7) is 3.73. The van der Waals surface area contributed by atoms with Crippen LogP contribution in [0.25, 0.3) is 0 Å². The summed E-state index contributed by atoms with van der Waals surface area (Å²) >= 11 is 0. The molecule has 3 aliphatic rings. The summed E-state index contributed by atoms with van der Waals surface area (Å²) in [5.41, 5.74) is -1.58. The van der Waals surface area contributed by atoms with Gasteiger partial charge in [0.2, 0.25) is 0 Å². The predicted octanol–water partition coefficient (Wildman–Crippen LogP) is 3.99. The fourth-order valence-electron chi connectivity index (χ4n) is 7.30. The lowest BCUT2D eigenvalue weighted by atomic mass is 9.43. The van der Waals surface area contributed by atoms with Gasteiger partial charge in [0.05, 0.1) is 42.6 Å². The second-order valence-corrected chi connectivity index (χ2v) is 11.2. The van der Waals surface area contributed by atoms with E-state index in [4.69, 9.17) is 18.6 Å². The lowest BCUT2D eigenvalue weighted by Gasteiger charge is -2.61. The molecular weight excluding hydrogens is 508 g/mol. The number of fused-ring (bicyclic) bond motifs is 3. The topological polar surface area (TPSA) is 146 Å². The lowest BCUT2D eigenvalue weighted by Crippen LogP contribution is -2.64. The summed E-state index contributed by atoms with van der Waals surface area (Å²) in [4.78, 5) is 65.4. The van der Waals surface area contributed by atoms with Crippen molar-refractivity contribution in [2.45, 2.75) is 51.7 Å². The molecule has 7 atom stereocenters. The molecule has 0 spiro atoms. The van der Waals surface area contributed by atoms with Gasteiger partial charge >= 0.3 is 23.9 Å². The van der Waals surface area contributed by atoms with Gasteiger partial charge in [-0.15, -0.1) is 0 Å². The number of esters is 3. The Morgan fingerprint density at radius 2 is 1.77 bits per heavy atom. The maximum Gasteiger partial charge on any atom is 0.339 e. The summed E-state index contributed by atoms with van der Waals surface area (Å²) in [6.07, 6.45) is 2.04. The largest absolute Gasteiger partial charge is 0.478 e. The van der Waals surface area contributed by atoms with Crippen molar-refractivity contribution in [3.63, 3.8) is 0 Å². The molecule has 1 aromatic carbocycles. The minimum absolute atomic E-state index is 0.101. The zero-order valence-electron chi connectivity index (χ0n) is 21.9. The summed E-state index contributed by atoms with van der Waals surface area (Å²) in [5.74, 6) is -5.86. The Labute approximate surface area is 224 Å². The second-order valence-electron chi connectivity index (χ2n) is 11.2. The number of aromatic carboxylic acids is 1. The molecule has 1 saturated heterocycles. The number of furan rings is 1. The first kappa shape index (κ1) is 26.6. The predicted molar refractivity (Wildman–Crippen MR) is 132 cm³/mol. The Kier molecular flexibility index (Phi) is 6.60. The normalized spacial score (nSPS) is 33.8. The van der Waals surface area contributed by atoms with Gasteiger partial charge in [-0.05, 0) is 48.3 Å². The molecule has 206 valence electrons. The standard InChI is InChI=1S/C29H30O10/c1-28-10-8-18-27(35)39-21(15-9-11-37-14-15)13-29(18,2)23(28)22(30)20(12-19(28)26(34)36-3)38-25(33)17-7-5-4-6-16(17)24(31)32/h4-7,9,11,14,18-21,23H,8,10,12-13H2,1-3H3,(H,31,32)/t18-,19-,20-,21-,23-,28-,29-/m0/s1. The summed E-state index contributed by atoms with van der Waals surface area (Å²) in [5, 5.41) is 9.51. The van der Waals surface area contributed by atoms with Crippen molar-refractivity contribution < 1.29 is 47.7 Å². The van der Waals surface area contributed by atoms with Gasteiger partial charge in [-0.2, -0.15) is 0 Å². The third kappa shape index (κ3) is 4.22. The fraction of sp³-hybridized carbons (Fsp3) is 0.483. The monoisotopic (exact) mass is 538 g/mol. The minimum atomic E-state index is -1.33. The molecule has 1 aliphatic heterocycles. The van der Waals surface area contributed by atoms with E-state index in [9.17, 15) is 29.1 Å².